The molecular formula is C17H37N3. The first-order valence-corrected chi connectivity index (χ1v) is 8.74. The summed E-state index contributed by atoms with van der Waals surface area (Å²) >= 11 is 0. The highest BCUT2D eigenvalue weighted by atomic mass is 15.3. The van der Waals surface area contributed by atoms with Gasteiger partial charge in [-0.05, 0) is 39.3 Å². The molecule has 3 nitrogen and oxygen atoms in total. The van der Waals surface area contributed by atoms with Crippen LogP contribution in [0.5, 0.6) is 0 Å². The van der Waals surface area contributed by atoms with Gasteiger partial charge in [-0.3, -0.25) is 11.3 Å². The number of hydrogen-bond acceptors (Lipinski definition) is 3. The maximum Gasteiger partial charge on any atom is 0.0397 e. The van der Waals surface area contributed by atoms with E-state index in [0.717, 1.165) is 5.92 Å². The van der Waals surface area contributed by atoms with Crippen molar-refractivity contribution in [2.75, 3.05) is 14.1 Å². The Labute approximate surface area is 126 Å². The second-order valence-electron chi connectivity index (χ2n) is 6.93. The zero-order valence-corrected chi connectivity index (χ0v) is 14.3. The third kappa shape index (κ3) is 4.44. The molecule has 0 amide bonds. The zero-order chi connectivity index (χ0) is 15.0. The van der Waals surface area contributed by atoms with Gasteiger partial charge >= 0.3 is 0 Å². The fourth-order valence-corrected chi connectivity index (χ4v) is 4.03. The molecule has 0 spiro atoms. The molecule has 1 fully saturated rings. The summed E-state index contributed by atoms with van der Waals surface area (Å²) in [6.45, 7) is 4.62. The lowest BCUT2D eigenvalue weighted by Gasteiger charge is -2.49. The van der Waals surface area contributed by atoms with Crippen LogP contribution in [-0.4, -0.2) is 30.6 Å². The van der Waals surface area contributed by atoms with Gasteiger partial charge in [0.1, 0.15) is 0 Å². The first-order chi connectivity index (χ1) is 9.60. The number of nitrogens with two attached hydrogens (primary N) is 1. The Morgan fingerprint density at radius 1 is 1.15 bits per heavy atom. The number of unbranched alkanes of at least 4 members (excludes halogenated alkanes) is 1. The van der Waals surface area contributed by atoms with Gasteiger partial charge in [-0.2, -0.15) is 0 Å². The zero-order valence-electron chi connectivity index (χ0n) is 14.3. The molecule has 0 aliphatic heterocycles. The van der Waals surface area contributed by atoms with Crippen LogP contribution in [0.25, 0.3) is 0 Å². The number of nitrogens with one attached hydrogen (secondary N) is 1. The van der Waals surface area contributed by atoms with Crippen LogP contribution in [0.15, 0.2) is 0 Å². The first-order valence-electron chi connectivity index (χ1n) is 8.74. The summed E-state index contributed by atoms with van der Waals surface area (Å²) < 4.78 is 0. The monoisotopic (exact) mass is 283 g/mol. The number of likely N-dealkylation sites (N-methyl/N-ethyl adjacent to an activating group) is 1. The summed E-state index contributed by atoms with van der Waals surface area (Å²) in [6.07, 6.45) is 13.2. The average Bonchev–Trinajstić information content (AvgIpc) is 2.48. The first kappa shape index (κ1) is 17.9. The third-order valence-corrected chi connectivity index (χ3v) is 5.57. The van der Waals surface area contributed by atoms with Crippen LogP contribution in [0.2, 0.25) is 0 Å². The lowest BCUT2D eigenvalue weighted by Crippen LogP contribution is -2.62. The van der Waals surface area contributed by atoms with Crippen molar-refractivity contribution >= 4 is 0 Å². The summed E-state index contributed by atoms with van der Waals surface area (Å²) in [7, 11) is 4.48. The van der Waals surface area contributed by atoms with Crippen molar-refractivity contribution in [3.63, 3.8) is 0 Å². The fourth-order valence-electron chi connectivity index (χ4n) is 4.03. The molecule has 2 unspecified atom stereocenters. The van der Waals surface area contributed by atoms with Crippen LogP contribution in [0, 0.1) is 5.92 Å². The summed E-state index contributed by atoms with van der Waals surface area (Å²) in [5.74, 6) is 6.80. The standard InChI is InChI=1S/C17H37N3/c1-5-7-11-15(6-2)14-16(19-18)17(20(3)4)12-9-8-10-13-17/h15-16,19H,5-14,18H2,1-4H3. The van der Waals surface area contributed by atoms with Gasteiger partial charge in [-0.25, -0.2) is 0 Å². The highest BCUT2D eigenvalue weighted by Gasteiger charge is 2.41. The van der Waals surface area contributed by atoms with E-state index in [4.69, 9.17) is 5.84 Å². The van der Waals surface area contributed by atoms with E-state index >= 15 is 0 Å². The van der Waals surface area contributed by atoms with Gasteiger partial charge in [0.15, 0.2) is 0 Å². The van der Waals surface area contributed by atoms with Crippen LogP contribution in [0.4, 0.5) is 0 Å². The molecule has 120 valence electrons. The lowest BCUT2D eigenvalue weighted by molar-refractivity contribution is 0.0456. The third-order valence-electron chi connectivity index (χ3n) is 5.57. The van der Waals surface area contributed by atoms with E-state index in [-0.39, 0.29) is 5.54 Å². The summed E-state index contributed by atoms with van der Waals surface area (Å²) in [4.78, 5) is 2.45. The molecule has 0 saturated heterocycles. The molecule has 0 heterocycles. The van der Waals surface area contributed by atoms with Gasteiger partial charge in [0.05, 0.1) is 0 Å². The maximum atomic E-state index is 5.98. The number of rotatable bonds is 9. The Balaban J connectivity index is 2.74. The summed E-state index contributed by atoms with van der Waals surface area (Å²) in [6, 6.07) is 0.430. The molecule has 1 aliphatic rings. The molecule has 0 aromatic rings. The van der Waals surface area contributed by atoms with Gasteiger partial charge in [0.25, 0.3) is 0 Å². The van der Waals surface area contributed by atoms with Crippen molar-refractivity contribution in [2.24, 2.45) is 11.8 Å². The van der Waals surface area contributed by atoms with Crippen molar-refractivity contribution in [2.45, 2.75) is 89.6 Å². The minimum atomic E-state index is 0.270. The molecule has 3 heteroatoms. The van der Waals surface area contributed by atoms with Crippen molar-refractivity contribution in [1.82, 2.24) is 10.3 Å². The van der Waals surface area contributed by atoms with E-state index in [2.05, 4.69) is 38.3 Å². The van der Waals surface area contributed by atoms with E-state index in [1.807, 2.05) is 0 Å². The molecule has 0 aromatic carbocycles. The van der Waals surface area contributed by atoms with Crippen molar-refractivity contribution in [3.8, 4) is 0 Å². The van der Waals surface area contributed by atoms with E-state index < -0.39 is 0 Å². The Kier molecular flexibility index (Phi) is 8.08. The van der Waals surface area contributed by atoms with Crippen molar-refractivity contribution < 1.29 is 0 Å². The molecule has 0 aromatic heterocycles. The molecule has 0 radical (unpaired) electrons. The van der Waals surface area contributed by atoms with Crippen LogP contribution >= 0.6 is 0 Å². The average molecular weight is 284 g/mol. The van der Waals surface area contributed by atoms with E-state index in [0.29, 0.717) is 6.04 Å². The SMILES string of the molecule is CCCCC(CC)CC(NN)C1(N(C)C)CCCCC1. The van der Waals surface area contributed by atoms with Gasteiger partial charge in [-0.15, -0.1) is 0 Å². The lowest BCUT2D eigenvalue weighted by atomic mass is 9.72. The van der Waals surface area contributed by atoms with Gasteiger partial charge in [0.2, 0.25) is 0 Å². The Hall–Kier alpha value is -0.120. The molecular weight excluding hydrogens is 246 g/mol. The molecule has 0 bridgehead atoms. The summed E-state index contributed by atoms with van der Waals surface area (Å²) in [5.41, 5.74) is 3.46. The Bertz CT molecular complexity index is 247. The molecule has 1 saturated carbocycles. The molecule has 1 rings (SSSR count). The van der Waals surface area contributed by atoms with Gasteiger partial charge in [-0.1, -0.05) is 58.8 Å². The van der Waals surface area contributed by atoms with E-state index in [1.54, 1.807) is 0 Å². The number of hydrogen-bond donors (Lipinski definition) is 2. The molecule has 3 N–H and O–H groups in total. The minimum absolute atomic E-state index is 0.270. The highest BCUT2D eigenvalue weighted by molar-refractivity contribution is 5.00. The fraction of sp³-hybridized carbons (Fsp3) is 1.00. The second-order valence-corrected chi connectivity index (χ2v) is 6.93. The van der Waals surface area contributed by atoms with Crippen LogP contribution in [0.3, 0.4) is 0 Å². The van der Waals surface area contributed by atoms with Crippen LogP contribution in [0.1, 0.15) is 78.1 Å². The maximum absolute atomic E-state index is 5.98. The smallest absolute Gasteiger partial charge is 0.0397 e. The minimum Gasteiger partial charge on any atom is -0.302 e. The Morgan fingerprint density at radius 3 is 2.25 bits per heavy atom. The number of hydrazine groups is 1. The highest BCUT2D eigenvalue weighted by Crippen LogP contribution is 2.37. The molecule has 1 aliphatic carbocycles. The van der Waals surface area contributed by atoms with Crippen LogP contribution in [-0.2, 0) is 0 Å². The van der Waals surface area contributed by atoms with Crippen molar-refractivity contribution in [1.29, 1.82) is 0 Å². The Morgan fingerprint density at radius 2 is 1.80 bits per heavy atom. The van der Waals surface area contributed by atoms with Gasteiger partial charge < -0.3 is 4.90 Å². The van der Waals surface area contributed by atoms with E-state index in [1.165, 1.54) is 64.2 Å². The quantitative estimate of drug-likeness (QED) is 0.501. The normalized spacial score (nSPS) is 21.9. The van der Waals surface area contributed by atoms with Crippen molar-refractivity contribution in [3.05, 3.63) is 0 Å². The number of nitrogens with zero attached hydrogens (tertiary/aromatic N) is 1. The van der Waals surface area contributed by atoms with Crippen LogP contribution < -0.4 is 11.3 Å². The predicted molar refractivity (Wildman–Crippen MR) is 88.5 cm³/mol. The largest absolute Gasteiger partial charge is 0.302 e. The topological polar surface area (TPSA) is 41.3 Å². The second kappa shape index (κ2) is 9.01. The molecule has 20 heavy (non-hydrogen) atoms. The molecule has 2 atom stereocenters. The van der Waals surface area contributed by atoms with Gasteiger partial charge in [0, 0.05) is 11.6 Å². The predicted octanol–water partition coefficient (Wildman–Crippen LogP) is 3.69. The van der Waals surface area contributed by atoms with E-state index in [9.17, 15) is 0 Å². The summed E-state index contributed by atoms with van der Waals surface area (Å²) in [5, 5.41) is 0.